The fourth-order valence-electron chi connectivity index (χ4n) is 2.51. The highest BCUT2D eigenvalue weighted by molar-refractivity contribution is 8.01. The van der Waals surface area contributed by atoms with Crippen LogP contribution in [-0.2, 0) is 4.79 Å². The Morgan fingerprint density at radius 1 is 1.14 bits per heavy atom. The normalized spacial score (nSPS) is 10.5. The summed E-state index contributed by atoms with van der Waals surface area (Å²) in [5, 5.41) is 7.58. The third-order valence-corrected chi connectivity index (χ3v) is 5.92. The summed E-state index contributed by atoms with van der Waals surface area (Å²) < 4.78 is 0.849. The molecule has 3 rings (SSSR count). The number of hydrogen-bond donors (Lipinski definition) is 2. The van der Waals surface area contributed by atoms with E-state index in [1.807, 2.05) is 24.4 Å². The second-order valence-corrected chi connectivity index (χ2v) is 8.22. The maximum absolute atomic E-state index is 12.3. The van der Waals surface area contributed by atoms with Crippen LogP contribution in [-0.4, -0.2) is 29.1 Å². The first kappa shape index (κ1) is 20.1. The van der Waals surface area contributed by atoms with Gasteiger partial charge in [0.25, 0.3) is 5.91 Å². The smallest absolute Gasteiger partial charge is 0.251 e. The molecular weight excluding hydrogens is 390 g/mol. The van der Waals surface area contributed by atoms with Gasteiger partial charge in [-0.1, -0.05) is 47.7 Å². The molecule has 0 saturated heterocycles. The molecule has 0 unspecified atom stereocenters. The largest absolute Gasteiger partial charge is 0.352 e. The zero-order valence-corrected chi connectivity index (χ0v) is 17.3. The predicted molar refractivity (Wildman–Crippen MR) is 116 cm³/mol. The van der Waals surface area contributed by atoms with E-state index in [2.05, 4.69) is 34.7 Å². The molecule has 0 aliphatic heterocycles. The summed E-state index contributed by atoms with van der Waals surface area (Å²) in [5.41, 5.74) is 4.33. The Bertz CT molecular complexity index is 968. The highest BCUT2D eigenvalue weighted by Gasteiger charge is 2.10. The molecular formula is C21H21N3O2S2. The number of hydrogen-bond acceptors (Lipinski definition) is 5. The van der Waals surface area contributed by atoms with Gasteiger partial charge in [0, 0.05) is 28.7 Å². The number of nitrogens with one attached hydrogen (secondary N) is 2. The topological polar surface area (TPSA) is 71.1 Å². The Labute approximate surface area is 172 Å². The summed E-state index contributed by atoms with van der Waals surface area (Å²) >= 11 is 2.93. The fourth-order valence-corrected chi connectivity index (χ4v) is 4.14. The van der Waals surface area contributed by atoms with Crippen molar-refractivity contribution < 1.29 is 9.59 Å². The molecule has 2 amide bonds. The Hall–Kier alpha value is -2.64. The van der Waals surface area contributed by atoms with Crippen molar-refractivity contribution in [2.45, 2.75) is 18.2 Å². The lowest BCUT2D eigenvalue weighted by molar-refractivity contribution is -0.113. The first-order valence-electron chi connectivity index (χ1n) is 8.88. The van der Waals surface area contributed by atoms with Crippen LogP contribution >= 0.6 is 23.1 Å². The van der Waals surface area contributed by atoms with E-state index in [9.17, 15) is 9.59 Å². The van der Waals surface area contributed by atoms with Crippen molar-refractivity contribution in [3.63, 3.8) is 0 Å². The maximum atomic E-state index is 12.3. The van der Waals surface area contributed by atoms with E-state index in [0.717, 1.165) is 15.6 Å². The van der Waals surface area contributed by atoms with Crippen LogP contribution in [0.4, 0.5) is 5.69 Å². The van der Waals surface area contributed by atoms with Crippen LogP contribution < -0.4 is 10.6 Å². The van der Waals surface area contributed by atoms with Crippen molar-refractivity contribution in [1.82, 2.24) is 10.3 Å². The molecule has 3 aromatic rings. The fraction of sp³-hybridized carbons (Fsp3) is 0.190. The molecule has 0 aliphatic rings. The van der Waals surface area contributed by atoms with Gasteiger partial charge in [-0.15, -0.1) is 11.3 Å². The van der Waals surface area contributed by atoms with Crippen molar-refractivity contribution in [2.24, 2.45) is 0 Å². The van der Waals surface area contributed by atoms with Crippen LogP contribution in [0.2, 0.25) is 0 Å². The number of amides is 2. The minimum atomic E-state index is -0.153. The Morgan fingerprint density at radius 3 is 2.68 bits per heavy atom. The quantitative estimate of drug-likeness (QED) is 0.558. The van der Waals surface area contributed by atoms with Crippen LogP contribution in [0.3, 0.4) is 0 Å². The second kappa shape index (κ2) is 9.52. The predicted octanol–water partition coefficient (Wildman–Crippen LogP) is 4.60. The van der Waals surface area contributed by atoms with E-state index in [-0.39, 0.29) is 17.6 Å². The molecule has 2 aromatic carbocycles. The average molecular weight is 412 g/mol. The van der Waals surface area contributed by atoms with E-state index in [1.54, 1.807) is 24.3 Å². The minimum absolute atomic E-state index is 0.134. The van der Waals surface area contributed by atoms with Crippen molar-refractivity contribution >= 4 is 40.6 Å². The molecule has 5 nitrogen and oxygen atoms in total. The van der Waals surface area contributed by atoms with Crippen molar-refractivity contribution in [3.8, 4) is 11.3 Å². The number of aromatic nitrogens is 1. The van der Waals surface area contributed by atoms with Gasteiger partial charge in [-0.05, 0) is 32.0 Å². The minimum Gasteiger partial charge on any atom is -0.352 e. The monoisotopic (exact) mass is 411 g/mol. The van der Waals surface area contributed by atoms with Gasteiger partial charge in [0.15, 0.2) is 4.34 Å². The lowest BCUT2D eigenvalue weighted by Gasteiger charge is -2.07. The summed E-state index contributed by atoms with van der Waals surface area (Å²) in [6.07, 6.45) is 0. The number of rotatable bonds is 7. The van der Waals surface area contributed by atoms with Crippen molar-refractivity contribution in [1.29, 1.82) is 0 Å². The molecule has 0 radical (unpaired) electrons. The van der Waals surface area contributed by atoms with Gasteiger partial charge in [0.2, 0.25) is 5.91 Å². The summed E-state index contributed by atoms with van der Waals surface area (Å²) in [4.78, 5) is 28.7. The van der Waals surface area contributed by atoms with Gasteiger partial charge < -0.3 is 10.6 Å². The summed E-state index contributed by atoms with van der Waals surface area (Å²) in [5.74, 6) is -0.0313. The van der Waals surface area contributed by atoms with Crippen molar-refractivity contribution in [2.75, 3.05) is 17.6 Å². The van der Waals surface area contributed by atoms with E-state index in [1.165, 1.54) is 28.7 Å². The Kier molecular flexibility index (Phi) is 6.84. The molecule has 2 N–H and O–H groups in total. The lowest BCUT2D eigenvalue weighted by atomic mass is 10.1. The summed E-state index contributed by atoms with van der Waals surface area (Å²) in [6.45, 7) is 4.48. The molecule has 0 aliphatic carbocycles. The first-order valence-corrected chi connectivity index (χ1v) is 10.7. The van der Waals surface area contributed by atoms with Crippen LogP contribution in [0, 0.1) is 6.92 Å². The van der Waals surface area contributed by atoms with Gasteiger partial charge in [-0.3, -0.25) is 9.59 Å². The summed E-state index contributed by atoms with van der Waals surface area (Å²) in [7, 11) is 0. The highest BCUT2D eigenvalue weighted by Crippen LogP contribution is 2.28. The zero-order chi connectivity index (χ0) is 19.9. The number of thiazole rings is 1. The third-order valence-electron chi connectivity index (χ3n) is 3.90. The maximum Gasteiger partial charge on any atom is 0.251 e. The number of thioether (sulfide) groups is 1. The zero-order valence-electron chi connectivity index (χ0n) is 15.7. The third kappa shape index (κ3) is 5.43. The van der Waals surface area contributed by atoms with Crippen LogP contribution in [0.25, 0.3) is 11.3 Å². The van der Waals surface area contributed by atoms with E-state index < -0.39 is 0 Å². The summed E-state index contributed by atoms with van der Waals surface area (Å²) in [6, 6.07) is 15.1. The van der Waals surface area contributed by atoms with Crippen LogP contribution in [0.1, 0.15) is 22.8 Å². The molecule has 0 saturated carbocycles. The Balaban J connectivity index is 1.56. The molecule has 1 aromatic heterocycles. The van der Waals surface area contributed by atoms with Gasteiger partial charge in [-0.2, -0.15) is 0 Å². The van der Waals surface area contributed by atoms with Gasteiger partial charge in [-0.25, -0.2) is 4.98 Å². The molecule has 7 heteroatoms. The molecule has 1 heterocycles. The number of nitrogens with zero attached hydrogens (tertiary/aromatic N) is 1. The van der Waals surface area contributed by atoms with Gasteiger partial charge in [0.1, 0.15) is 0 Å². The second-order valence-electron chi connectivity index (χ2n) is 6.14. The molecule has 0 fully saturated rings. The number of benzene rings is 2. The first-order chi connectivity index (χ1) is 13.5. The lowest BCUT2D eigenvalue weighted by Crippen LogP contribution is -2.23. The van der Waals surface area contributed by atoms with Crippen LogP contribution in [0.5, 0.6) is 0 Å². The van der Waals surface area contributed by atoms with E-state index in [0.29, 0.717) is 17.8 Å². The average Bonchev–Trinajstić information content (AvgIpc) is 3.16. The standard InChI is InChI=1S/C21H21N3O2S2/c1-3-22-20(26)16-5-4-6-17(11-16)23-19(25)13-28-21-24-18(12-27-21)15-9-7-14(2)8-10-15/h4-12H,3,13H2,1-2H3,(H,22,26)(H,23,25). The highest BCUT2D eigenvalue weighted by atomic mass is 32.2. The molecule has 0 bridgehead atoms. The number of anilines is 1. The molecule has 144 valence electrons. The molecule has 0 atom stereocenters. The Morgan fingerprint density at radius 2 is 1.93 bits per heavy atom. The molecule has 0 spiro atoms. The van der Waals surface area contributed by atoms with Gasteiger partial charge in [0.05, 0.1) is 11.4 Å². The van der Waals surface area contributed by atoms with Crippen molar-refractivity contribution in [3.05, 3.63) is 65.0 Å². The SMILES string of the molecule is CCNC(=O)c1cccc(NC(=O)CSc2nc(-c3ccc(C)cc3)cs2)c1. The number of aryl methyl sites for hydroxylation is 1. The number of carbonyl (C=O) groups excluding carboxylic acids is 2. The van der Waals surface area contributed by atoms with E-state index in [4.69, 9.17) is 0 Å². The molecule has 28 heavy (non-hydrogen) atoms. The van der Waals surface area contributed by atoms with E-state index >= 15 is 0 Å². The van der Waals surface area contributed by atoms with Crippen LogP contribution in [0.15, 0.2) is 58.3 Å². The number of carbonyl (C=O) groups is 2. The van der Waals surface area contributed by atoms with Gasteiger partial charge >= 0.3 is 0 Å².